The largest absolute Gasteiger partial charge is 0.250 e. The molecule has 3 rings (SSSR count). The Labute approximate surface area is 115 Å². The molecule has 94 valence electrons. The van der Waals surface area contributed by atoms with Gasteiger partial charge in [-0.2, -0.15) is 5.10 Å². The maximum atomic E-state index is 4.64. The molecule has 1 atom stereocenters. The monoisotopic (exact) mass is 305 g/mol. The van der Waals surface area contributed by atoms with Gasteiger partial charge in [-0.15, -0.1) is 0 Å². The minimum atomic E-state index is 0.722. The lowest BCUT2D eigenvalue weighted by molar-refractivity contribution is 0.367. The topological polar surface area (TPSA) is 30.7 Å². The molecule has 0 bridgehead atoms. The van der Waals surface area contributed by atoms with Crippen LogP contribution in [-0.4, -0.2) is 14.8 Å². The molecule has 2 aromatic rings. The fourth-order valence-electron chi connectivity index (χ4n) is 2.38. The third-order valence-electron chi connectivity index (χ3n) is 3.41. The Morgan fingerprint density at radius 3 is 2.89 bits per heavy atom. The van der Waals surface area contributed by atoms with Gasteiger partial charge >= 0.3 is 0 Å². The van der Waals surface area contributed by atoms with Crippen molar-refractivity contribution in [1.29, 1.82) is 0 Å². The van der Waals surface area contributed by atoms with Gasteiger partial charge in [-0.25, -0.2) is 9.67 Å². The molecule has 0 radical (unpaired) electrons. The Kier molecular flexibility index (Phi) is 3.20. The molecule has 18 heavy (non-hydrogen) atoms. The van der Waals surface area contributed by atoms with Crippen molar-refractivity contribution < 1.29 is 0 Å². The van der Waals surface area contributed by atoms with E-state index in [2.05, 4.69) is 61.9 Å². The maximum Gasteiger partial charge on any atom is 0.155 e. The summed E-state index contributed by atoms with van der Waals surface area (Å²) in [6.45, 7) is 3.29. The summed E-state index contributed by atoms with van der Waals surface area (Å²) in [6.07, 6.45) is 3.12. The highest BCUT2D eigenvalue weighted by Gasteiger charge is 2.18. The predicted octanol–water partition coefficient (Wildman–Crippen LogP) is 3.21. The molecule has 0 spiro atoms. The van der Waals surface area contributed by atoms with Gasteiger partial charge in [-0.1, -0.05) is 35.0 Å². The van der Waals surface area contributed by atoms with Gasteiger partial charge in [0.1, 0.15) is 5.82 Å². The van der Waals surface area contributed by atoms with Crippen molar-refractivity contribution in [3.05, 3.63) is 46.0 Å². The van der Waals surface area contributed by atoms with E-state index in [1.54, 1.807) is 0 Å². The standard InChI is InChI=1S/C14H16BrN3/c1-10-2-7-14-16-13(17-18(14)9-10)8-11-3-5-12(15)6-4-11/h3-6,10H,2,7-9H2,1H3. The van der Waals surface area contributed by atoms with Crippen LogP contribution in [0.5, 0.6) is 0 Å². The van der Waals surface area contributed by atoms with Crippen LogP contribution >= 0.6 is 15.9 Å². The molecular weight excluding hydrogens is 290 g/mol. The first-order valence-electron chi connectivity index (χ1n) is 6.38. The molecule has 1 aliphatic rings. The lowest BCUT2D eigenvalue weighted by Gasteiger charge is -2.17. The molecular formula is C14H16BrN3. The van der Waals surface area contributed by atoms with Crippen LogP contribution < -0.4 is 0 Å². The smallest absolute Gasteiger partial charge is 0.155 e. The molecule has 1 aliphatic heterocycles. The van der Waals surface area contributed by atoms with Crippen molar-refractivity contribution in [2.75, 3.05) is 0 Å². The van der Waals surface area contributed by atoms with Crippen molar-refractivity contribution in [2.45, 2.75) is 32.7 Å². The second-order valence-electron chi connectivity index (χ2n) is 5.07. The number of aryl methyl sites for hydroxylation is 1. The zero-order valence-electron chi connectivity index (χ0n) is 10.4. The highest BCUT2D eigenvalue weighted by Crippen LogP contribution is 2.19. The third-order valence-corrected chi connectivity index (χ3v) is 3.94. The Hall–Kier alpha value is -1.16. The third kappa shape index (κ3) is 2.48. The molecule has 0 saturated heterocycles. The second kappa shape index (κ2) is 4.84. The van der Waals surface area contributed by atoms with Crippen LogP contribution in [0.15, 0.2) is 28.7 Å². The van der Waals surface area contributed by atoms with Crippen LogP contribution in [0.3, 0.4) is 0 Å². The molecule has 0 N–H and O–H groups in total. The highest BCUT2D eigenvalue weighted by molar-refractivity contribution is 9.10. The molecule has 0 aliphatic carbocycles. The minimum Gasteiger partial charge on any atom is -0.250 e. The number of halogens is 1. The van der Waals surface area contributed by atoms with Crippen LogP contribution in [0, 0.1) is 5.92 Å². The summed E-state index contributed by atoms with van der Waals surface area (Å²) >= 11 is 3.45. The molecule has 1 unspecified atom stereocenters. The molecule has 4 heteroatoms. The second-order valence-corrected chi connectivity index (χ2v) is 5.99. The zero-order chi connectivity index (χ0) is 12.5. The molecule has 0 fully saturated rings. The van der Waals surface area contributed by atoms with E-state index in [0.29, 0.717) is 0 Å². The van der Waals surface area contributed by atoms with Crippen molar-refractivity contribution in [3.8, 4) is 0 Å². The Balaban J connectivity index is 1.79. The van der Waals surface area contributed by atoms with Gasteiger partial charge < -0.3 is 0 Å². The Morgan fingerprint density at radius 1 is 1.33 bits per heavy atom. The number of hydrogen-bond acceptors (Lipinski definition) is 2. The number of fused-ring (bicyclic) bond motifs is 1. The van der Waals surface area contributed by atoms with Gasteiger partial charge in [-0.3, -0.25) is 0 Å². The number of rotatable bonds is 2. The van der Waals surface area contributed by atoms with E-state index in [-0.39, 0.29) is 0 Å². The average Bonchev–Trinajstić information content (AvgIpc) is 2.73. The lowest BCUT2D eigenvalue weighted by atomic mass is 10.0. The molecule has 2 heterocycles. The molecule has 0 amide bonds. The van der Waals surface area contributed by atoms with E-state index < -0.39 is 0 Å². The number of hydrogen-bond donors (Lipinski definition) is 0. The van der Waals surface area contributed by atoms with Gasteiger partial charge in [0.25, 0.3) is 0 Å². The van der Waals surface area contributed by atoms with Crippen LogP contribution in [0.2, 0.25) is 0 Å². The number of aromatic nitrogens is 3. The van der Waals surface area contributed by atoms with E-state index in [9.17, 15) is 0 Å². The Morgan fingerprint density at radius 2 is 2.11 bits per heavy atom. The van der Waals surface area contributed by atoms with Gasteiger partial charge in [0.15, 0.2) is 5.82 Å². The summed E-state index contributed by atoms with van der Waals surface area (Å²) in [5.41, 5.74) is 1.26. The van der Waals surface area contributed by atoms with Crippen LogP contribution in [0.1, 0.15) is 30.6 Å². The summed E-state index contributed by atoms with van der Waals surface area (Å²) in [7, 11) is 0. The van der Waals surface area contributed by atoms with Gasteiger partial charge in [-0.05, 0) is 30.0 Å². The fourth-order valence-corrected chi connectivity index (χ4v) is 2.64. The van der Waals surface area contributed by atoms with E-state index in [1.165, 1.54) is 12.0 Å². The summed E-state index contributed by atoms with van der Waals surface area (Å²) in [5, 5.41) is 4.61. The first kappa shape index (κ1) is 11.9. The normalized spacial score (nSPS) is 18.7. The van der Waals surface area contributed by atoms with Crippen LogP contribution in [0.25, 0.3) is 0 Å². The number of nitrogens with zero attached hydrogens (tertiary/aromatic N) is 3. The van der Waals surface area contributed by atoms with Crippen molar-refractivity contribution in [3.63, 3.8) is 0 Å². The van der Waals surface area contributed by atoms with Gasteiger partial charge in [0, 0.05) is 23.9 Å². The van der Waals surface area contributed by atoms with Crippen LogP contribution in [0.4, 0.5) is 0 Å². The van der Waals surface area contributed by atoms with E-state index >= 15 is 0 Å². The van der Waals surface area contributed by atoms with E-state index in [0.717, 1.165) is 41.4 Å². The van der Waals surface area contributed by atoms with Crippen molar-refractivity contribution >= 4 is 15.9 Å². The summed E-state index contributed by atoms with van der Waals surface area (Å²) in [6, 6.07) is 8.36. The first-order valence-corrected chi connectivity index (χ1v) is 7.17. The van der Waals surface area contributed by atoms with Gasteiger partial charge in [0.05, 0.1) is 0 Å². The zero-order valence-corrected chi connectivity index (χ0v) is 12.0. The van der Waals surface area contributed by atoms with E-state index in [4.69, 9.17) is 0 Å². The maximum absolute atomic E-state index is 4.64. The fraction of sp³-hybridized carbons (Fsp3) is 0.429. The highest BCUT2D eigenvalue weighted by atomic mass is 79.9. The lowest BCUT2D eigenvalue weighted by Crippen LogP contribution is -2.18. The quantitative estimate of drug-likeness (QED) is 0.853. The Bertz CT molecular complexity index is 545. The summed E-state index contributed by atoms with van der Waals surface area (Å²) < 4.78 is 3.19. The predicted molar refractivity (Wildman–Crippen MR) is 74.5 cm³/mol. The summed E-state index contributed by atoms with van der Waals surface area (Å²) in [5.74, 6) is 2.82. The molecule has 1 aromatic carbocycles. The molecule has 1 aromatic heterocycles. The number of benzene rings is 1. The molecule has 0 saturated carbocycles. The van der Waals surface area contributed by atoms with Crippen LogP contribution in [-0.2, 0) is 19.4 Å². The van der Waals surface area contributed by atoms with Crippen molar-refractivity contribution in [2.24, 2.45) is 5.92 Å². The SMILES string of the molecule is CC1CCc2nc(Cc3ccc(Br)cc3)nn2C1. The van der Waals surface area contributed by atoms with Gasteiger partial charge in [0.2, 0.25) is 0 Å². The van der Waals surface area contributed by atoms with Crippen molar-refractivity contribution in [1.82, 2.24) is 14.8 Å². The minimum absolute atomic E-state index is 0.722. The average molecular weight is 306 g/mol. The first-order chi connectivity index (χ1) is 8.70. The summed E-state index contributed by atoms with van der Waals surface area (Å²) in [4.78, 5) is 4.64. The van der Waals surface area contributed by atoms with E-state index in [1.807, 2.05) is 0 Å². The molecule has 3 nitrogen and oxygen atoms in total.